The van der Waals surface area contributed by atoms with Crippen molar-refractivity contribution in [3.63, 3.8) is 0 Å². The summed E-state index contributed by atoms with van der Waals surface area (Å²) in [6.45, 7) is 4.89. The minimum atomic E-state index is -0.410. The summed E-state index contributed by atoms with van der Waals surface area (Å²) in [6, 6.07) is 12.2. The highest BCUT2D eigenvalue weighted by Gasteiger charge is 2.30. The van der Waals surface area contributed by atoms with E-state index in [1.165, 1.54) is 23.8 Å². The molecular formula is C23H24N2O5S. The van der Waals surface area contributed by atoms with Crippen molar-refractivity contribution < 1.29 is 23.8 Å². The molecule has 0 unspecified atom stereocenters. The van der Waals surface area contributed by atoms with Crippen molar-refractivity contribution in [3.05, 3.63) is 58.5 Å². The molecule has 0 aliphatic carbocycles. The smallest absolute Gasteiger partial charge is 0.337 e. The summed E-state index contributed by atoms with van der Waals surface area (Å²) < 4.78 is 16.0. The second-order valence-corrected chi connectivity index (χ2v) is 7.48. The van der Waals surface area contributed by atoms with Crippen LogP contribution in [0.4, 0.5) is 5.69 Å². The second kappa shape index (κ2) is 10.2. The number of aliphatic imine (C=N–C) groups is 1. The zero-order valence-electron chi connectivity index (χ0n) is 17.9. The number of esters is 1. The third-order valence-corrected chi connectivity index (χ3v) is 5.46. The molecule has 0 N–H and O–H groups in total. The SMILES string of the molecule is CCOc1ccc(C=C2SC(=Nc3ccc(C(=O)OC)cc3)N(C)C2=O)c(OCC)c1. The summed E-state index contributed by atoms with van der Waals surface area (Å²) in [5.74, 6) is 0.813. The van der Waals surface area contributed by atoms with E-state index in [2.05, 4.69) is 4.99 Å². The summed E-state index contributed by atoms with van der Waals surface area (Å²) in [7, 11) is 3.01. The lowest BCUT2D eigenvalue weighted by atomic mass is 10.1. The van der Waals surface area contributed by atoms with Gasteiger partial charge in [0.05, 0.1) is 36.5 Å². The summed E-state index contributed by atoms with van der Waals surface area (Å²) in [5.41, 5.74) is 1.86. The van der Waals surface area contributed by atoms with Crippen molar-refractivity contribution in [1.29, 1.82) is 0 Å². The normalized spacial score (nSPS) is 16.1. The Labute approximate surface area is 185 Å². The monoisotopic (exact) mass is 440 g/mol. The Morgan fingerprint density at radius 2 is 1.81 bits per heavy atom. The first-order chi connectivity index (χ1) is 15.0. The molecule has 1 saturated heterocycles. The van der Waals surface area contributed by atoms with Crippen molar-refractivity contribution in [2.45, 2.75) is 13.8 Å². The quantitative estimate of drug-likeness (QED) is 0.466. The number of ether oxygens (including phenoxy) is 3. The lowest BCUT2D eigenvalue weighted by molar-refractivity contribution is -0.121. The van der Waals surface area contributed by atoms with Crippen LogP contribution in [-0.4, -0.2) is 49.3 Å². The number of hydrogen-bond donors (Lipinski definition) is 0. The number of hydrogen-bond acceptors (Lipinski definition) is 7. The van der Waals surface area contributed by atoms with E-state index in [9.17, 15) is 9.59 Å². The number of nitrogens with zero attached hydrogens (tertiary/aromatic N) is 2. The van der Waals surface area contributed by atoms with E-state index in [4.69, 9.17) is 14.2 Å². The molecule has 1 fully saturated rings. The van der Waals surface area contributed by atoms with Crippen molar-refractivity contribution in [2.24, 2.45) is 4.99 Å². The van der Waals surface area contributed by atoms with Crippen LogP contribution in [0.15, 0.2) is 52.4 Å². The van der Waals surface area contributed by atoms with Gasteiger partial charge in [-0.1, -0.05) is 0 Å². The van der Waals surface area contributed by atoms with Crippen LogP contribution in [0, 0.1) is 0 Å². The molecular weight excluding hydrogens is 416 g/mol. The fourth-order valence-electron chi connectivity index (χ4n) is 2.86. The molecule has 7 nitrogen and oxygen atoms in total. The summed E-state index contributed by atoms with van der Waals surface area (Å²) in [6.07, 6.45) is 1.80. The number of benzene rings is 2. The first-order valence-electron chi connectivity index (χ1n) is 9.81. The van der Waals surface area contributed by atoms with Crippen LogP contribution in [0.3, 0.4) is 0 Å². The Balaban J connectivity index is 1.86. The largest absolute Gasteiger partial charge is 0.494 e. The van der Waals surface area contributed by atoms with Gasteiger partial charge < -0.3 is 14.2 Å². The lowest BCUT2D eigenvalue weighted by Crippen LogP contribution is -2.23. The van der Waals surface area contributed by atoms with Crippen LogP contribution < -0.4 is 9.47 Å². The van der Waals surface area contributed by atoms with Crippen molar-refractivity contribution in [2.75, 3.05) is 27.4 Å². The molecule has 31 heavy (non-hydrogen) atoms. The predicted octanol–water partition coefficient (Wildman–Crippen LogP) is 4.50. The molecule has 0 spiro atoms. The van der Waals surface area contributed by atoms with E-state index in [0.717, 1.165) is 5.56 Å². The van der Waals surface area contributed by atoms with Crippen LogP contribution >= 0.6 is 11.8 Å². The number of amides is 1. The van der Waals surface area contributed by atoms with E-state index in [1.807, 2.05) is 32.0 Å². The zero-order chi connectivity index (χ0) is 22.4. The molecule has 0 radical (unpaired) electrons. The minimum absolute atomic E-state index is 0.147. The van der Waals surface area contributed by atoms with E-state index in [-0.39, 0.29) is 5.91 Å². The van der Waals surface area contributed by atoms with Crippen LogP contribution in [-0.2, 0) is 9.53 Å². The molecule has 0 atom stereocenters. The van der Waals surface area contributed by atoms with Gasteiger partial charge in [0.25, 0.3) is 5.91 Å². The second-order valence-electron chi connectivity index (χ2n) is 6.47. The average Bonchev–Trinajstić information content (AvgIpc) is 3.03. The zero-order valence-corrected chi connectivity index (χ0v) is 18.7. The van der Waals surface area contributed by atoms with E-state index >= 15 is 0 Å². The summed E-state index contributed by atoms with van der Waals surface area (Å²) in [5, 5.41) is 0.547. The topological polar surface area (TPSA) is 77.4 Å². The maximum Gasteiger partial charge on any atom is 0.337 e. The highest BCUT2D eigenvalue weighted by molar-refractivity contribution is 8.18. The van der Waals surface area contributed by atoms with Gasteiger partial charge in [-0.05, 0) is 68.1 Å². The highest BCUT2D eigenvalue weighted by Crippen LogP contribution is 2.35. The predicted molar refractivity (Wildman–Crippen MR) is 122 cm³/mol. The third-order valence-electron chi connectivity index (χ3n) is 4.40. The maximum atomic E-state index is 12.8. The van der Waals surface area contributed by atoms with Crippen LogP contribution in [0.5, 0.6) is 11.5 Å². The molecule has 0 bridgehead atoms. The molecule has 2 aromatic carbocycles. The molecule has 2 aromatic rings. The van der Waals surface area contributed by atoms with Gasteiger partial charge >= 0.3 is 5.97 Å². The summed E-state index contributed by atoms with van der Waals surface area (Å²) >= 11 is 1.28. The first kappa shape index (κ1) is 22.4. The molecule has 8 heteroatoms. The molecule has 1 aliphatic heterocycles. The third kappa shape index (κ3) is 5.27. The van der Waals surface area contributed by atoms with Gasteiger partial charge in [-0.2, -0.15) is 0 Å². The number of rotatable bonds is 7. The van der Waals surface area contributed by atoms with E-state index in [0.29, 0.717) is 46.0 Å². The minimum Gasteiger partial charge on any atom is -0.494 e. The average molecular weight is 441 g/mol. The Kier molecular flexibility index (Phi) is 7.36. The van der Waals surface area contributed by atoms with Gasteiger partial charge in [0.1, 0.15) is 11.5 Å². The number of likely N-dealkylation sites (N-methyl/N-ethyl adjacent to an activating group) is 1. The standard InChI is InChI=1S/C23H24N2O5S/c1-5-29-18-12-9-16(19(14-18)30-6-2)13-20-21(26)25(3)23(31-20)24-17-10-7-15(8-11-17)22(27)28-4/h7-14H,5-6H2,1-4H3. The molecule has 0 saturated carbocycles. The molecule has 3 rings (SSSR count). The maximum absolute atomic E-state index is 12.8. The van der Waals surface area contributed by atoms with Crippen LogP contribution in [0.1, 0.15) is 29.8 Å². The van der Waals surface area contributed by atoms with Crippen LogP contribution in [0.2, 0.25) is 0 Å². The molecule has 1 heterocycles. The van der Waals surface area contributed by atoms with Gasteiger partial charge in [-0.3, -0.25) is 9.69 Å². The Morgan fingerprint density at radius 3 is 2.45 bits per heavy atom. The van der Waals surface area contributed by atoms with E-state index < -0.39 is 5.97 Å². The van der Waals surface area contributed by atoms with Gasteiger partial charge in [0.2, 0.25) is 0 Å². The van der Waals surface area contributed by atoms with E-state index in [1.54, 1.807) is 37.4 Å². The molecule has 162 valence electrons. The number of carbonyl (C=O) groups excluding carboxylic acids is 2. The summed E-state index contributed by atoms with van der Waals surface area (Å²) in [4.78, 5) is 30.9. The van der Waals surface area contributed by atoms with Crippen LogP contribution in [0.25, 0.3) is 6.08 Å². The first-order valence-corrected chi connectivity index (χ1v) is 10.6. The van der Waals surface area contributed by atoms with Crippen molar-refractivity contribution in [3.8, 4) is 11.5 Å². The molecule has 0 aromatic heterocycles. The molecule has 1 amide bonds. The van der Waals surface area contributed by atoms with Crippen molar-refractivity contribution >= 4 is 40.6 Å². The van der Waals surface area contributed by atoms with Gasteiger partial charge in [-0.25, -0.2) is 9.79 Å². The fraction of sp³-hybridized carbons (Fsp3) is 0.261. The highest BCUT2D eigenvalue weighted by atomic mass is 32.2. The molecule has 1 aliphatic rings. The van der Waals surface area contributed by atoms with Gasteiger partial charge in [0, 0.05) is 18.7 Å². The lowest BCUT2D eigenvalue weighted by Gasteiger charge is -2.10. The Hall–Kier alpha value is -3.26. The number of carbonyl (C=O) groups is 2. The number of thioether (sulfide) groups is 1. The van der Waals surface area contributed by atoms with Crippen molar-refractivity contribution in [1.82, 2.24) is 4.90 Å². The fourth-order valence-corrected chi connectivity index (χ4v) is 3.84. The van der Waals surface area contributed by atoms with Gasteiger partial charge in [-0.15, -0.1) is 0 Å². The van der Waals surface area contributed by atoms with Gasteiger partial charge in [0.15, 0.2) is 5.17 Å². The Bertz CT molecular complexity index is 1030. The number of amidine groups is 1. The Morgan fingerprint density at radius 1 is 1.10 bits per heavy atom. The number of methoxy groups -OCH3 is 1.